The number of fused-ring (bicyclic) bond motifs is 1. The molecule has 1 N–H and O–H groups in total. The van der Waals surface area contributed by atoms with E-state index in [0.29, 0.717) is 41.6 Å². The number of ether oxygens (including phenoxy) is 2. The fourth-order valence-electron chi connectivity index (χ4n) is 3.11. The van der Waals surface area contributed by atoms with E-state index in [0.717, 1.165) is 11.3 Å². The van der Waals surface area contributed by atoms with Crippen LogP contribution in [-0.2, 0) is 6.54 Å². The van der Waals surface area contributed by atoms with Gasteiger partial charge in [-0.2, -0.15) is 0 Å². The summed E-state index contributed by atoms with van der Waals surface area (Å²) in [6.45, 7) is 1.46. The average molecular weight is 408 g/mol. The number of nitrogens with zero attached hydrogens (tertiary/aromatic N) is 1. The number of para-hydroxylation sites is 1. The van der Waals surface area contributed by atoms with Crippen molar-refractivity contribution >= 4 is 28.8 Å². The summed E-state index contributed by atoms with van der Waals surface area (Å²) in [5.74, 6) is 1.01. The molecule has 0 atom stereocenters. The molecule has 29 heavy (non-hydrogen) atoms. The number of carbonyl (C=O) groups is 2. The van der Waals surface area contributed by atoms with Crippen molar-refractivity contribution in [3.05, 3.63) is 76.0 Å². The summed E-state index contributed by atoms with van der Waals surface area (Å²) in [5, 5.41) is 4.68. The van der Waals surface area contributed by atoms with Crippen LogP contribution in [-0.4, -0.2) is 37.0 Å². The van der Waals surface area contributed by atoms with Gasteiger partial charge in [0, 0.05) is 13.6 Å². The van der Waals surface area contributed by atoms with E-state index in [4.69, 9.17) is 9.47 Å². The van der Waals surface area contributed by atoms with Crippen molar-refractivity contribution in [2.75, 3.05) is 25.6 Å². The van der Waals surface area contributed by atoms with Gasteiger partial charge in [0.15, 0.2) is 11.5 Å². The van der Waals surface area contributed by atoms with Crippen LogP contribution in [0.25, 0.3) is 0 Å². The van der Waals surface area contributed by atoms with Crippen molar-refractivity contribution in [2.24, 2.45) is 0 Å². The number of benzene rings is 2. The second-order valence-corrected chi connectivity index (χ2v) is 7.56. The lowest BCUT2D eigenvalue weighted by Gasteiger charge is -2.22. The number of hydrogen-bond donors (Lipinski definition) is 1. The first-order chi connectivity index (χ1) is 14.1. The molecule has 0 fully saturated rings. The zero-order chi connectivity index (χ0) is 20.2. The van der Waals surface area contributed by atoms with Crippen LogP contribution in [0.3, 0.4) is 0 Å². The highest BCUT2D eigenvalue weighted by Gasteiger charge is 2.19. The molecule has 0 spiro atoms. The normalized spacial score (nSPS) is 12.3. The van der Waals surface area contributed by atoms with Gasteiger partial charge in [-0.1, -0.05) is 24.3 Å². The standard InChI is InChI=1S/C22H20N2O4S/c1-24(14-15-8-9-18-19(13-15)28-11-10-27-18)22(26)16-5-2-3-6-17(16)23-21(25)20-7-4-12-29-20/h2-9,12-13H,10-11,14H2,1H3,(H,23,25). The minimum atomic E-state index is -0.227. The molecule has 3 aromatic rings. The molecule has 2 amide bonds. The first-order valence-corrected chi connectivity index (χ1v) is 10.1. The van der Waals surface area contributed by atoms with E-state index in [2.05, 4.69) is 5.32 Å². The fourth-order valence-corrected chi connectivity index (χ4v) is 3.73. The zero-order valence-electron chi connectivity index (χ0n) is 15.9. The Kier molecular flexibility index (Phi) is 5.48. The predicted octanol–water partition coefficient (Wildman–Crippen LogP) is 4.04. The second kappa shape index (κ2) is 8.36. The summed E-state index contributed by atoms with van der Waals surface area (Å²) >= 11 is 1.35. The van der Waals surface area contributed by atoms with Gasteiger partial charge >= 0.3 is 0 Å². The zero-order valence-corrected chi connectivity index (χ0v) is 16.7. The topological polar surface area (TPSA) is 67.9 Å². The van der Waals surface area contributed by atoms with E-state index in [1.54, 1.807) is 42.3 Å². The van der Waals surface area contributed by atoms with Gasteiger partial charge in [0.05, 0.1) is 16.1 Å². The third kappa shape index (κ3) is 4.25. The van der Waals surface area contributed by atoms with E-state index in [1.165, 1.54) is 11.3 Å². The lowest BCUT2D eigenvalue weighted by molar-refractivity contribution is 0.0786. The largest absolute Gasteiger partial charge is 0.486 e. The van der Waals surface area contributed by atoms with Crippen LogP contribution in [0.4, 0.5) is 5.69 Å². The molecule has 2 heterocycles. The number of thiophene rings is 1. The Morgan fingerprint density at radius 3 is 2.62 bits per heavy atom. The Balaban J connectivity index is 1.50. The number of anilines is 1. The maximum absolute atomic E-state index is 13.0. The van der Waals surface area contributed by atoms with E-state index in [9.17, 15) is 9.59 Å². The summed E-state index contributed by atoms with van der Waals surface area (Å²) in [6, 6.07) is 16.3. The van der Waals surface area contributed by atoms with Crippen molar-refractivity contribution in [2.45, 2.75) is 6.54 Å². The molecule has 1 aromatic heterocycles. The molecule has 0 saturated carbocycles. The number of hydrogen-bond acceptors (Lipinski definition) is 5. The molecule has 0 bridgehead atoms. The monoisotopic (exact) mass is 408 g/mol. The third-order valence-corrected chi connectivity index (χ3v) is 5.39. The van der Waals surface area contributed by atoms with Crippen LogP contribution in [0.15, 0.2) is 60.0 Å². The molecule has 6 nitrogen and oxygen atoms in total. The first kappa shape index (κ1) is 19.0. The van der Waals surface area contributed by atoms with Crippen LogP contribution in [0.1, 0.15) is 25.6 Å². The fraction of sp³-hybridized carbons (Fsp3) is 0.182. The highest BCUT2D eigenvalue weighted by molar-refractivity contribution is 7.12. The van der Waals surface area contributed by atoms with Gasteiger partial charge in [0.2, 0.25) is 0 Å². The van der Waals surface area contributed by atoms with Gasteiger partial charge in [-0.3, -0.25) is 9.59 Å². The molecule has 1 aliphatic rings. The van der Waals surface area contributed by atoms with Crippen LogP contribution >= 0.6 is 11.3 Å². The molecule has 0 saturated heterocycles. The molecule has 4 rings (SSSR count). The molecule has 0 unspecified atom stereocenters. The van der Waals surface area contributed by atoms with Gasteiger partial charge in [0.1, 0.15) is 13.2 Å². The van der Waals surface area contributed by atoms with Crippen LogP contribution in [0, 0.1) is 0 Å². The molecule has 0 aliphatic carbocycles. The molecular formula is C22H20N2O4S. The predicted molar refractivity (Wildman–Crippen MR) is 112 cm³/mol. The molecular weight excluding hydrogens is 388 g/mol. The van der Waals surface area contributed by atoms with Crippen molar-refractivity contribution in [3.63, 3.8) is 0 Å². The number of nitrogens with one attached hydrogen (secondary N) is 1. The van der Waals surface area contributed by atoms with E-state index >= 15 is 0 Å². The second-order valence-electron chi connectivity index (χ2n) is 6.62. The lowest BCUT2D eigenvalue weighted by atomic mass is 10.1. The minimum absolute atomic E-state index is 0.179. The maximum atomic E-state index is 13.0. The highest BCUT2D eigenvalue weighted by Crippen LogP contribution is 2.31. The van der Waals surface area contributed by atoms with Gasteiger partial charge < -0.3 is 19.7 Å². The Labute approximate surface area is 172 Å². The van der Waals surface area contributed by atoms with Crippen LogP contribution in [0.5, 0.6) is 11.5 Å². The number of carbonyl (C=O) groups excluding carboxylic acids is 2. The van der Waals surface area contributed by atoms with Gasteiger partial charge in [-0.15, -0.1) is 11.3 Å². The average Bonchev–Trinajstić information content (AvgIpc) is 3.29. The smallest absolute Gasteiger partial charge is 0.265 e. The first-order valence-electron chi connectivity index (χ1n) is 9.20. The molecule has 7 heteroatoms. The molecule has 2 aromatic carbocycles. The Morgan fingerprint density at radius 2 is 1.83 bits per heavy atom. The maximum Gasteiger partial charge on any atom is 0.265 e. The highest BCUT2D eigenvalue weighted by atomic mass is 32.1. The van der Waals surface area contributed by atoms with Gasteiger partial charge in [0.25, 0.3) is 11.8 Å². The Morgan fingerprint density at radius 1 is 1.03 bits per heavy atom. The van der Waals surface area contributed by atoms with Gasteiger partial charge in [-0.25, -0.2) is 0 Å². The van der Waals surface area contributed by atoms with E-state index in [1.807, 2.05) is 29.6 Å². The third-order valence-electron chi connectivity index (χ3n) is 4.52. The van der Waals surface area contributed by atoms with E-state index < -0.39 is 0 Å². The van der Waals surface area contributed by atoms with Crippen LogP contribution in [0.2, 0.25) is 0 Å². The van der Waals surface area contributed by atoms with Crippen LogP contribution < -0.4 is 14.8 Å². The minimum Gasteiger partial charge on any atom is -0.486 e. The summed E-state index contributed by atoms with van der Waals surface area (Å²) in [4.78, 5) is 27.7. The summed E-state index contributed by atoms with van der Waals surface area (Å²) in [6.07, 6.45) is 0. The number of rotatable bonds is 5. The molecule has 0 radical (unpaired) electrons. The SMILES string of the molecule is CN(Cc1ccc2c(c1)OCCO2)C(=O)c1ccccc1NC(=O)c1cccs1. The Hall–Kier alpha value is -3.32. The quantitative estimate of drug-likeness (QED) is 0.692. The summed E-state index contributed by atoms with van der Waals surface area (Å²) < 4.78 is 11.2. The van der Waals surface area contributed by atoms with Crippen molar-refractivity contribution in [1.29, 1.82) is 0 Å². The summed E-state index contributed by atoms with van der Waals surface area (Å²) in [5.41, 5.74) is 1.87. The lowest BCUT2D eigenvalue weighted by Crippen LogP contribution is -2.27. The van der Waals surface area contributed by atoms with Crippen molar-refractivity contribution in [1.82, 2.24) is 4.90 Å². The van der Waals surface area contributed by atoms with Crippen molar-refractivity contribution < 1.29 is 19.1 Å². The molecule has 1 aliphatic heterocycles. The van der Waals surface area contributed by atoms with E-state index in [-0.39, 0.29) is 11.8 Å². The molecule has 148 valence electrons. The van der Waals surface area contributed by atoms with Gasteiger partial charge in [-0.05, 0) is 41.3 Å². The Bertz CT molecular complexity index is 1030. The summed E-state index contributed by atoms with van der Waals surface area (Å²) in [7, 11) is 1.73. The number of amides is 2. The van der Waals surface area contributed by atoms with Crippen molar-refractivity contribution in [3.8, 4) is 11.5 Å².